The Morgan fingerprint density at radius 3 is 2.60 bits per heavy atom. The van der Waals surface area contributed by atoms with Crippen LogP contribution in [0.25, 0.3) is 10.9 Å². The lowest BCUT2D eigenvalue weighted by Gasteiger charge is -2.21. The van der Waals surface area contributed by atoms with Gasteiger partial charge in [-0.25, -0.2) is 4.79 Å². The first-order valence-electron chi connectivity index (χ1n) is 6.48. The van der Waals surface area contributed by atoms with Crippen LogP contribution in [0.15, 0.2) is 30.5 Å². The Hall–Kier alpha value is -2.30. The highest BCUT2D eigenvalue weighted by molar-refractivity contribution is 5.94. The van der Waals surface area contributed by atoms with Gasteiger partial charge in [0.1, 0.15) is 6.54 Å². The van der Waals surface area contributed by atoms with Crippen LogP contribution in [0.2, 0.25) is 0 Å². The summed E-state index contributed by atoms with van der Waals surface area (Å²) in [7, 11) is 1.78. The Balaban J connectivity index is 2.28. The molecule has 106 valence electrons. The first-order chi connectivity index (χ1) is 9.40. The summed E-state index contributed by atoms with van der Waals surface area (Å²) >= 11 is 0. The largest absolute Gasteiger partial charge is 0.478 e. The minimum absolute atomic E-state index is 0.0276. The minimum atomic E-state index is -0.949. The molecule has 0 aliphatic carbocycles. The monoisotopic (exact) mass is 274 g/mol. The molecule has 0 unspecified atom stereocenters. The van der Waals surface area contributed by atoms with Crippen LogP contribution in [0.3, 0.4) is 0 Å². The summed E-state index contributed by atoms with van der Waals surface area (Å²) in [5.74, 6) is -0.921. The minimum Gasteiger partial charge on any atom is -0.478 e. The van der Waals surface area contributed by atoms with Gasteiger partial charge in [0.05, 0.1) is 5.56 Å². The van der Waals surface area contributed by atoms with Crippen LogP contribution in [0, 0.1) is 0 Å². The normalized spacial score (nSPS) is 11.0. The molecule has 5 nitrogen and oxygen atoms in total. The molecule has 1 heterocycles. The molecule has 1 aromatic carbocycles. The van der Waals surface area contributed by atoms with Crippen molar-refractivity contribution < 1.29 is 14.7 Å². The van der Waals surface area contributed by atoms with E-state index < -0.39 is 5.97 Å². The maximum absolute atomic E-state index is 12.1. The molecule has 0 bridgehead atoms. The van der Waals surface area contributed by atoms with Crippen molar-refractivity contribution in [2.45, 2.75) is 26.4 Å². The van der Waals surface area contributed by atoms with E-state index in [1.807, 2.05) is 30.7 Å². The van der Waals surface area contributed by atoms with Gasteiger partial charge in [0.15, 0.2) is 0 Å². The number of carbonyl (C=O) groups is 2. The molecular formula is C15H18N2O3. The molecule has 0 aliphatic rings. The Morgan fingerprint density at radius 1 is 1.30 bits per heavy atom. The van der Waals surface area contributed by atoms with E-state index in [9.17, 15) is 9.59 Å². The van der Waals surface area contributed by atoms with Gasteiger partial charge < -0.3 is 14.6 Å². The van der Waals surface area contributed by atoms with Crippen LogP contribution >= 0.6 is 0 Å². The zero-order valence-corrected chi connectivity index (χ0v) is 11.8. The fourth-order valence-electron chi connectivity index (χ4n) is 2.02. The van der Waals surface area contributed by atoms with E-state index in [0.717, 1.165) is 10.9 Å². The standard InChI is InChI=1S/C15H18N2O3/c1-10(2)16(3)14(18)9-17-7-6-11-8-12(15(19)20)4-5-13(11)17/h4-8,10H,9H2,1-3H3,(H,19,20). The molecule has 5 heteroatoms. The number of benzene rings is 1. The first kappa shape index (κ1) is 14.1. The summed E-state index contributed by atoms with van der Waals surface area (Å²) in [6.45, 7) is 4.18. The van der Waals surface area contributed by atoms with Crippen molar-refractivity contribution in [1.82, 2.24) is 9.47 Å². The van der Waals surface area contributed by atoms with E-state index in [4.69, 9.17) is 5.11 Å². The lowest BCUT2D eigenvalue weighted by Crippen LogP contribution is -2.35. The third-order valence-corrected chi connectivity index (χ3v) is 3.49. The number of amides is 1. The molecule has 0 fully saturated rings. The third kappa shape index (κ3) is 2.66. The van der Waals surface area contributed by atoms with Crippen molar-refractivity contribution in [3.05, 3.63) is 36.0 Å². The van der Waals surface area contributed by atoms with Crippen molar-refractivity contribution in [3.63, 3.8) is 0 Å². The molecule has 1 N–H and O–H groups in total. The van der Waals surface area contributed by atoms with E-state index in [-0.39, 0.29) is 24.1 Å². The number of carbonyl (C=O) groups excluding carboxylic acids is 1. The molecule has 2 aromatic rings. The average molecular weight is 274 g/mol. The smallest absolute Gasteiger partial charge is 0.335 e. The number of likely N-dealkylation sites (N-methyl/N-ethyl adjacent to an activating group) is 1. The quantitative estimate of drug-likeness (QED) is 0.929. The van der Waals surface area contributed by atoms with E-state index in [1.54, 1.807) is 30.1 Å². The molecule has 2 rings (SSSR count). The van der Waals surface area contributed by atoms with Crippen LogP contribution in [0.1, 0.15) is 24.2 Å². The second kappa shape index (κ2) is 5.36. The van der Waals surface area contributed by atoms with Crippen molar-refractivity contribution in [1.29, 1.82) is 0 Å². The van der Waals surface area contributed by atoms with Crippen molar-refractivity contribution in [3.8, 4) is 0 Å². The molecule has 20 heavy (non-hydrogen) atoms. The topological polar surface area (TPSA) is 62.5 Å². The number of hydrogen-bond donors (Lipinski definition) is 1. The van der Waals surface area contributed by atoms with Gasteiger partial charge >= 0.3 is 5.97 Å². The molecular weight excluding hydrogens is 256 g/mol. The summed E-state index contributed by atoms with van der Waals surface area (Å²) in [4.78, 5) is 24.7. The number of aromatic carboxylic acids is 1. The fourth-order valence-corrected chi connectivity index (χ4v) is 2.02. The lowest BCUT2D eigenvalue weighted by molar-refractivity contribution is -0.131. The van der Waals surface area contributed by atoms with Gasteiger partial charge in [-0.05, 0) is 38.1 Å². The second-order valence-electron chi connectivity index (χ2n) is 5.12. The molecule has 0 aliphatic heterocycles. The zero-order chi connectivity index (χ0) is 14.9. The molecule has 0 saturated carbocycles. The predicted octanol–water partition coefficient (Wildman–Crippen LogP) is 2.21. The van der Waals surface area contributed by atoms with Gasteiger partial charge in [-0.3, -0.25) is 4.79 Å². The number of carboxylic acid groups (broad SMARTS) is 1. The van der Waals surface area contributed by atoms with Gasteiger partial charge in [0.2, 0.25) is 5.91 Å². The van der Waals surface area contributed by atoms with Gasteiger partial charge in [-0.2, -0.15) is 0 Å². The van der Waals surface area contributed by atoms with E-state index in [2.05, 4.69) is 0 Å². The van der Waals surface area contributed by atoms with Crippen molar-refractivity contribution in [2.75, 3.05) is 7.05 Å². The summed E-state index contributed by atoms with van der Waals surface area (Å²) in [6.07, 6.45) is 1.81. The fraction of sp³-hybridized carbons (Fsp3) is 0.333. The van der Waals surface area contributed by atoms with Crippen molar-refractivity contribution in [2.24, 2.45) is 0 Å². The third-order valence-electron chi connectivity index (χ3n) is 3.49. The number of nitrogens with zero attached hydrogens (tertiary/aromatic N) is 2. The van der Waals surface area contributed by atoms with Gasteiger partial charge in [-0.1, -0.05) is 0 Å². The second-order valence-corrected chi connectivity index (χ2v) is 5.12. The molecule has 0 saturated heterocycles. The Labute approximate surface area is 117 Å². The van der Waals surface area contributed by atoms with E-state index >= 15 is 0 Å². The van der Waals surface area contributed by atoms with Gasteiger partial charge in [0.25, 0.3) is 0 Å². The maximum atomic E-state index is 12.1. The van der Waals surface area contributed by atoms with Crippen LogP contribution in [-0.4, -0.2) is 39.5 Å². The molecule has 0 radical (unpaired) electrons. The SMILES string of the molecule is CC(C)N(C)C(=O)Cn1ccc2cc(C(=O)O)ccc21. The summed E-state index contributed by atoms with van der Waals surface area (Å²) in [5.41, 5.74) is 1.11. The molecule has 0 spiro atoms. The van der Waals surface area contributed by atoms with Crippen LogP contribution in [0.5, 0.6) is 0 Å². The highest BCUT2D eigenvalue weighted by Gasteiger charge is 2.14. The van der Waals surface area contributed by atoms with Gasteiger partial charge in [0, 0.05) is 30.2 Å². The maximum Gasteiger partial charge on any atom is 0.335 e. The number of carboxylic acids is 1. The van der Waals surface area contributed by atoms with Crippen LogP contribution in [-0.2, 0) is 11.3 Å². The molecule has 1 aromatic heterocycles. The number of hydrogen-bond acceptors (Lipinski definition) is 2. The lowest BCUT2D eigenvalue weighted by atomic mass is 10.1. The Kier molecular flexibility index (Phi) is 3.79. The summed E-state index contributed by atoms with van der Waals surface area (Å²) in [6, 6.07) is 6.89. The van der Waals surface area contributed by atoms with Crippen molar-refractivity contribution >= 4 is 22.8 Å². The van der Waals surface area contributed by atoms with Gasteiger partial charge in [-0.15, -0.1) is 0 Å². The summed E-state index contributed by atoms with van der Waals surface area (Å²) in [5, 5.41) is 9.79. The van der Waals surface area contributed by atoms with Crippen LogP contribution < -0.4 is 0 Å². The Bertz CT molecular complexity index is 658. The highest BCUT2D eigenvalue weighted by Crippen LogP contribution is 2.18. The number of fused-ring (bicyclic) bond motifs is 1. The number of aromatic nitrogens is 1. The Morgan fingerprint density at radius 2 is 2.00 bits per heavy atom. The van der Waals surface area contributed by atoms with Crippen LogP contribution in [0.4, 0.5) is 0 Å². The first-order valence-corrected chi connectivity index (χ1v) is 6.48. The van der Waals surface area contributed by atoms with E-state index in [1.165, 1.54) is 0 Å². The predicted molar refractivity (Wildman–Crippen MR) is 76.8 cm³/mol. The number of rotatable bonds is 4. The molecule has 1 amide bonds. The highest BCUT2D eigenvalue weighted by atomic mass is 16.4. The zero-order valence-electron chi connectivity index (χ0n) is 11.8. The van der Waals surface area contributed by atoms with E-state index in [0.29, 0.717) is 0 Å². The average Bonchev–Trinajstić information content (AvgIpc) is 2.80. The molecule has 0 atom stereocenters. The summed E-state index contributed by atoms with van der Waals surface area (Å²) < 4.78 is 1.84.